The van der Waals surface area contributed by atoms with Gasteiger partial charge < -0.3 is 14.8 Å². The fraction of sp³-hybridized carbons (Fsp3) is 0.115. The van der Waals surface area contributed by atoms with Gasteiger partial charge in [-0.15, -0.1) is 0 Å². The van der Waals surface area contributed by atoms with Crippen molar-refractivity contribution in [3.8, 4) is 11.3 Å². The molecule has 0 bridgehead atoms. The molecule has 6 heteroatoms. The first kappa shape index (κ1) is 21.1. The van der Waals surface area contributed by atoms with Gasteiger partial charge in [-0.1, -0.05) is 47.5 Å². The Bertz CT molecular complexity index is 1240. The Morgan fingerprint density at radius 3 is 2.47 bits per heavy atom. The van der Waals surface area contributed by atoms with Crippen LogP contribution in [0.4, 0.5) is 5.82 Å². The average Bonchev–Trinajstić information content (AvgIpc) is 3.27. The van der Waals surface area contributed by atoms with Crippen molar-refractivity contribution in [3.63, 3.8) is 0 Å². The molecule has 2 aromatic carbocycles. The molecule has 160 valence electrons. The molecule has 0 radical (unpaired) electrons. The van der Waals surface area contributed by atoms with Crippen LogP contribution in [0.3, 0.4) is 0 Å². The number of aryl methyl sites for hydroxylation is 2. The van der Waals surface area contributed by atoms with E-state index in [1.807, 2.05) is 44.2 Å². The van der Waals surface area contributed by atoms with Crippen molar-refractivity contribution in [1.29, 1.82) is 0 Å². The monoisotopic (exact) mass is 425 g/mol. The predicted octanol–water partition coefficient (Wildman–Crippen LogP) is 5.48. The van der Waals surface area contributed by atoms with Crippen LogP contribution < -0.4 is 5.32 Å². The molecular weight excluding hydrogens is 402 g/mol. The third-order valence-corrected chi connectivity index (χ3v) is 4.89. The maximum Gasteiger partial charge on any atom is 0.352 e. The Hall–Kier alpha value is -4.19. The lowest BCUT2D eigenvalue weighted by atomic mass is 10.0. The highest BCUT2D eigenvalue weighted by atomic mass is 16.4. The van der Waals surface area contributed by atoms with Gasteiger partial charge in [-0.2, -0.15) is 0 Å². The molecule has 0 amide bonds. The summed E-state index contributed by atoms with van der Waals surface area (Å²) >= 11 is 0. The summed E-state index contributed by atoms with van der Waals surface area (Å²) in [4.78, 5) is 21.3. The zero-order chi connectivity index (χ0) is 22.5. The first-order valence-corrected chi connectivity index (χ1v) is 10.2. The highest BCUT2D eigenvalue weighted by molar-refractivity contribution is 5.95. The van der Waals surface area contributed by atoms with Gasteiger partial charge in [0.2, 0.25) is 0 Å². The van der Waals surface area contributed by atoms with E-state index in [0.29, 0.717) is 23.7 Å². The van der Waals surface area contributed by atoms with Crippen molar-refractivity contribution in [2.45, 2.75) is 20.3 Å². The summed E-state index contributed by atoms with van der Waals surface area (Å²) in [5.41, 5.74) is 5.64. The number of rotatable bonds is 7. The van der Waals surface area contributed by atoms with Crippen LogP contribution in [-0.4, -0.2) is 21.0 Å². The van der Waals surface area contributed by atoms with E-state index in [9.17, 15) is 9.90 Å². The fourth-order valence-electron chi connectivity index (χ4n) is 3.50. The van der Waals surface area contributed by atoms with Crippen LogP contribution in [0.1, 0.15) is 28.1 Å². The molecule has 0 saturated carbocycles. The molecule has 2 N–H and O–H groups in total. The van der Waals surface area contributed by atoms with Crippen LogP contribution in [0.25, 0.3) is 17.3 Å². The van der Waals surface area contributed by atoms with E-state index in [4.69, 9.17) is 9.40 Å². The number of carboxylic acid groups (broad SMARTS) is 1. The number of nitrogens with zero attached hydrogens (tertiary/aromatic N) is 2. The largest absolute Gasteiger partial charge is 0.477 e. The maximum absolute atomic E-state index is 11.8. The molecule has 32 heavy (non-hydrogen) atoms. The standard InChI is InChI=1S/C26H23N3O3/c1-17-11-18(2)13-20(12-17)24-16-27-25(22(28-24)14-19-7-4-3-5-8-19)29-23(26(30)31)15-21-9-6-10-32-21/h3-13,15-16H,14H2,1-2H3,(H,27,29)(H,30,31). The predicted molar refractivity (Wildman–Crippen MR) is 124 cm³/mol. The Morgan fingerprint density at radius 2 is 1.81 bits per heavy atom. The molecule has 4 aromatic rings. The van der Waals surface area contributed by atoms with Crippen LogP contribution >= 0.6 is 0 Å². The molecule has 0 spiro atoms. The van der Waals surface area contributed by atoms with E-state index in [1.54, 1.807) is 18.3 Å². The van der Waals surface area contributed by atoms with Crippen molar-refractivity contribution in [1.82, 2.24) is 9.97 Å². The molecule has 0 aliphatic rings. The molecule has 0 aliphatic carbocycles. The summed E-state index contributed by atoms with van der Waals surface area (Å²) in [6.07, 6.45) is 5.08. The summed E-state index contributed by atoms with van der Waals surface area (Å²) in [7, 11) is 0. The Kier molecular flexibility index (Phi) is 6.12. The number of furan rings is 1. The van der Waals surface area contributed by atoms with E-state index in [2.05, 4.69) is 28.5 Å². The van der Waals surface area contributed by atoms with E-state index in [0.717, 1.165) is 27.9 Å². The summed E-state index contributed by atoms with van der Waals surface area (Å²) < 4.78 is 5.26. The number of anilines is 1. The number of aliphatic carboxylic acids is 1. The summed E-state index contributed by atoms with van der Waals surface area (Å²) in [6, 6.07) is 19.5. The number of hydrogen-bond acceptors (Lipinski definition) is 5. The van der Waals surface area contributed by atoms with Crippen LogP contribution in [0.15, 0.2) is 83.2 Å². The first-order chi connectivity index (χ1) is 15.5. The van der Waals surface area contributed by atoms with E-state index >= 15 is 0 Å². The van der Waals surface area contributed by atoms with Crippen molar-refractivity contribution in [2.75, 3.05) is 5.32 Å². The van der Waals surface area contributed by atoms with E-state index < -0.39 is 5.97 Å². The van der Waals surface area contributed by atoms with Crippen LogP contribution in [0.2, 0.25) is 0 Å². The Morgan fingerprint density at radius 1 is 1.06 bits per heavy atom. The van der Waals surface area contributed by atoms with Gasteiger partial charge >= 0.3 is 5.97 Å². The van der Waals surface area contributed by atoms with E-state index in [1.165, 1.54) is 12.3 Å². The number of benzene rings is 2. The lowest BCUT2D eigenvalue weighted by Gasteiger charge is -2.13. The molecule has 4 rings (SSSR count). The zero-order valence-electron chi connectivity index (χ0n) is 17.9. The fourth-order valence-corrected chi connectivity index (χ4v) is 3.50. The molecule has 6 nitrogen and oxygen atoms in total. The SMILES string of the molecule is Cc1cc(C)cc(-c2cnc(NC(=Cc3ccco3)C(=O)O)c(Cc3ccccc3)n2)c1. The third kappa shape index (κ3) is 5.10. The number of hydrogen-bond donors (Lipinski definition) is 2. The number of carboxylic acids is 1. The third-order valence-electron chi connectivity index (χ3n) is 4.89. The maximum atomic E-state index is 11.8. The van der Waals surface area contributed by atoms with Gasteiger partial charge in [0.25, 0.3) is 0 Å². The van der Waals surface area contributed by atoms with Crippen LogP contribution in [-0.2, 0) is 11.2 Å². The minimum absolute atomic E-state index is 0.0530. The molecule has 0 unspecified atom stereocenters. The average molecular weight is 425 g/mol. The van der Waals surface area contributed by atoms with Gasteiger partial charge in [0.1, 0.15) is 11.5 Å². The molecule has 0 atom stereocenters. The minimum atomic E-state index is -1.12. The van der Waals surface area contributed by atoms with Crippen LogP contribution in [0.5, 0.6) is 0 Å². The molecule has 0 fully saturated rings. The minimum Gasteiger partial charge on any atom is -0.477 e. The van der Waals surface area contributed by atoms with Gasteiger partial charge in [-0.3, -0.25) is 0 Å². The van der Waals surface area contributed by atoms with Crippen molar-refractivity contribution in [3.05, 3.63) is 107 Å². The zero-order valence-corrected chi connectivity index (χ0v) is 17.9. The van der Waals surface area contributed by atoms with Crippen LogP contribution in [0, 0.1) is 13.8 Å². The van der Waals surface area contributed by atoms with E-state index in [-0.39, 0.29) is 5.70 Å². The number of carbonyl (C=O) groups is 1. The highest BCUT2D eigenvalue weighted by Gasteiger charge is 2.15. The lowest BCUT2D eigenvalue weighted by Crippen LogP contribution is -2.14. The first-order valence-electron chi connectivity index (χ1n) is 10.2. The molecular formula is C26H23N3O3. The second-order valence-corrected chi connectivity index (χ2v) is 7.59. The second kappa shape index (κ2) is 9.31. The summed E-state index contributed by atoms with van der Waals surface area (Å²) in [6.45, 7) is 4.09. The van der Waals surface area contributed by atoms with Gasteiger partial charge in [0.05, 0.1) is 23.8 Å². The topological polar surface area (TPSA) is 88.2 Å². The Labute approximate surface area is 186 Å². The molecule has 0 aliphatic heterocycles. The van der Waals surface area contributed by atoms with Gasteiger partial charge in [0, 0.05) is 18.1 Å². The molecule has 2 heterocycles. The van der Waals surface area contributed by atoms with Crippen molar-refractivity contribution >= 4 is 17.9 Å². The molecule has 2 aromatic heterocycles. The smallest absolute Gasteiger partial charge is 0.352 e. The highest BCUT2D eigenvalue weighted by Crippen LogP contribution is 2.25. The van der Waals surface area contributed by atoms with Gasteiger partial charge in [-0.05, 0) is 43.7 Å². The summed E-state index contributed by atoms with van der Waals surface area (Å²) in [5, 5.41) is 12.6. The van der Waals surface area contributed by atoms with Gasteiger partial charge in [0.15, 0.2) is 5.82 Å². The lowest BCUT2D eigenvalue weighted by molar-refractivity contribution is -0.132. The number of nitrogens with one attached hydrogen (secondary N) is 1. The summed E-state index contributed by atoms with van der Waals surface area (Å²) in [5.74, 6) is -0.297. The van der Waals surface area contributed by atoms with Gasteiger partial charge in [-0.25, -0.2) is 14.8 Å². The normalized spacial score (nSPS) is 11.4. The Balaban J connectivity index is 1.76. The second-order valence-electron chi connectivity index (χ2n) is 7.59. The quantitative estimate of drug-likeness (QED) is 0.381. The van der Waals surface area contributed by atoms with Crippen molar-refractivity contribution in [2.24, 2.45) is 0 Å². The molecule has 0 saturated heterocycles. The number of aromatic nitrogens is 2. The van der Waals surface area contributed by atoms with Crippen molar-refractivity contribution < 1.29 is 14.3 Å².